The number of aryl methyl sites for hydroxylation is 1. The van der Waals surface area contributed by atoms with E-state index in [1.165, 1.54) is 0 Å². The van der Waals surface area contributed by atoms with Gasteiger partial charge in [-0.15, -0.1) is 0 Å². The van der Waals surface area contributed by atoms with Gasteiger partial charge in [0, 0.05) is 25.5 Å². The number of imidazole rings is 1. The van der Waals surface area contributed by atoms with E-state index in [1.54, 1.807) is 21.9 Å². The zero-order valence-electron chi connectivity index (χ0n) is 11.2. The van der Waals surface area contributed by atoms with Crippen LogP contribution in [0.1, 0.15) is 18.7 Å². The third kappa shape index (κ3) is 4.22. The van der Waals surface area contributed by atoms with Crippen molar-refractivity contribution in [2.75, 3.05) is 13.1 Å². The maximum Gasteiger partial charge on any atom is 0.401 e. The van der Waals surface area contributed by atoms with E-state index in [-0.39, 0.29) is 18.5 Å². The van der Waals surface area contributed by atoms with Gasteiger partial charge in [-0.1, -0.05) is 0 Å². The number of hydrogen-bond donors (Lipinski definition) is 1. The minimum Gasteiger partial charge on any atom is -0.337 e. The molecule has 8 heteroatoms. The van der Waals surface area contributed by atoms with Crippen molar-refractivity contribution in [3.05, 3.63) is 18.2 Å². The largest absolute Gasteiger partial charge is 0.401 e. The van der Waals surface area contributed by atoms with E-state index >= 15 is 0 Å². The molecule has 112 valence electrons. The lowest BCUT2D eigenvalue weighted by Gasteiger charge is -2.22. The van der Waals surface area contributed by atoms with Gasteiger partial charge < -0.3 is 14.8 Å². The molecular weight excluding hydrogens is 273 g/mol. The average Bonchev–Trinajstić information content (AvgIpc) is 3.09. The zero-order valence-corrected chi connectivity index (χ0v) is 11.2. The topological polar surface area (TPSA) is 50.2 Å². The van der Waals surface area contributed by atoms with Crippen LogP contribution in [0.4, 0.5) is 13.2 Å². The number of amides is 1. The smallest absolute Gasteiger partial charge is 0.337 e. The molecule has 0 atom stereocenters. The highest BCUT2D eigenvalue weighted by Gasteiger charge is 2.33. The predicted octanol–water partition coefficient (Wildman–Crippen LogP) is 1.06. The van der Waals surface area contributed by atoms with Crippen LogP contribution in [0.5, 0.6) is 0 Å². The molecular formula is C12H17F3N4O. The van der Waals surface area contributed by atoms with Crippen LogP contribution >= 0.6 is 0 Å². The van der Waals surface area contributed by atoms with Gasteiger partial charge in [-0.05, 0) is 12.8 Å². The number of alkyl halides is 3. The summed E-state index contributed by atoms with van der Waals surface area (Å²) in [5, 5.41) is 2.14. The summed E-state index contributed by atoms with van der Waals surface area (Å²) in [5.74, 6) is 0.404. The quantitative estimate of drug-likeness (QED) is 0.852. The first kappa shape index (κ1) is 14.8. The number of nitrogens with one attached hydrogen (secondary N) is 1. The van der Waals surface area contributed by atoms with Gasteiger partial charge in [0.25, 0.3) is 0 Å². The number of carbonyl (C=O) groups excluding carboxylic acids is 1. The minimum atomic E-state index is -4.30. The first-order valence-corrected chi connectivity index (χ1v) is 6.40. The number of nitrogens with zero attached hydrogens (tertiary/aromatic N) is 3. The predicted molar refractivity (Wildman–Crippen MR) is 65.7 cm³/mol. The highest BCUT2D eigenvalue weighted by atomic mass is 19.4. The van der Waals surface area contributed by atoms with Crippen molar-refractivity contribution in [1.82, 2.24) is 19.8 Å². The molecule has 1 amide bonds. The molecule has 0 bridgehead atoms. The Morgan fingerprint density at radius 3 is 2.75 bits per heavy atom. The molecule has 0 unspecified atom stereocenters. The van der Waals surface area contributed by atoms with Gasteiger partial charge in [0.05, 0.1) is 19.6 Å². The molecule has 0 saturated heterocycles. The molecule has 1 aliphatic rings. The second kappa shape index (κ2) is 5.82. The Bertz CT molecular complexity index is 468. The van der Waals surface area contributed by atoms with E-state index in [0.717, 1.165) is 18.7 Å². The Kier molecular flexibility index (Phi) is 4.32. The maximum atomic E-state index is 12.0. The van der Waals surface area contributed by atoms with Crippen LogP contribution in [0.2, 0.25) is 0 Å². The van der Waals surface area contributed by atoms with Crippen molar-refractivity contribution in [3.63, 3.8) is 0 Å². The fourth-order valence-electron chi connectivity index (χ4n) is 1.92. The lowest BCUT2D eigenvalue weighted by molar-refractivity contribution is -0.135. The van der Waals surface area contributed by atoms with E-state index in [4.69, 9.17) is 0 Å². The SMILES string of the molecule is Cn1ccnc1CN(C(=O)CNCC(F)(F)F)C1CC1. The molecule has 5 nitrogen and oxygen atoms in total. The molecule has 0 aliphatic heterocycles. The normalized spacial score (nSPS) is 15.4. The Hall–Kier alpha value is -1.57. The van der Waals surface area contributed by atoms with Gasteiger partial charge in [0.1, 0.15) is 5.82 Å². The molecule has 1 aromatic rings. The monoisotopic (exact) mass is 290 g/mol. The fourth-order valence-corrected chi connectivity index (χ4v) is 1.92. The average molecular weight is 290 g/mol. The Morgan fingerprint density at radius 1 is 1.55 bits per heavy atom. The molecule has 1 fully saturated rings. The van der Waals surface area contributed by atoms with Crippen LogP contribution in [0.25, 0.3) is 0 Å². The summed E-state index contributed by atoms with van der Waals surface area (Å²) in [6, 6.07) is 0.131. The standard InChI is InChI=1S/C12H17F3N4O/c1-18-5-4-17-10(18)7-19(9-2-3-9)11(20)6-16-8-12(13,14)15/h4-5,9,16H,2-3,6-8H2,1H3. The maximum absolute atomic E-state index is 12.0. The summed E-state index contributed by atoms with van der Waals surface area (Å²) in [6.45, 7) is -1.12. The summed E-state index contributed by atoms with van der Waals surface area (Å²) < 4.78 is 37.9. The van der Waals surface area contributed by atoms with Crippen LogP contribution in [-0.2, 0) is 18.4 Å². The van der Waals surface area contributed by atoms with Crippen molar-refractivity contribution in [1.29, 1.82) is 0 Å². The Morgan fingerprint density at radius 2 is 2.25 bits per heavy atom. The van der Waals surface area contributed by atoms with Crippen molar-refractivity contribution >= 4 is 5.91 Å². The van der Waals surface area contributed by atoms with Gasteiger partial charge in [-0.2, -0.15) is 13.2 Å². The third-order valence-corrected chi connectivity index (χ3v) is 3.14. The second-order valence-corrected chi connectivity index (χ2v) is 4.93. The minimum absolute atomic E-state index is 0.131. The summed E-state index contributed by atoms with van der Waals surface area (Å²) in [5.41, 5.74) is 0. The van der Waals surface area contributed by atoms with Crippen LogP contribution < -0.4 is 5.32 Å². The molecule has 20 heavy (non-hydrogen) atoms. The fraction of sp³-hybridized carbons (Fsp3) is 0.667. The van der Waals surface area contributed by atoms with Gasteiger partial charge in [0.15, 0.2) is 0 Å². The number of aromatic nitrogens is 2. The van der Waals surface area contributed by atoms with Crippen LogP contribution in [0, 0.1) is 0 Å². The third-order valence-electron chi connectivity index (χ3n) is 3.14. The highest BCUT2D eigenvalue weighted by Crippen LogP contribution is 2.28. The first-order chi connectivity index (χ1) is 9.37. The van der Waals surface area contributed by atoms with Gasteiger partial charge in [0.2, 0.25) is 5.91 Å². The molecule has 1 saturated carbocycles. The van der Waals surface area contributed by atoms with Gasteiger partial charge >= 0.3 is 6.18 Å². The molecule has 0 radical (unpaired) electrons. The Balaban J connectivity index is 1.88. The summed E-state index contributed by atoms with van der Waals surface area (Å²) in [6.07, 6.45) is 0.898. The van der Waals surface area contributed by atoms with E-state index in [0.29, 0.717) is 6.54 Å². The molecule has 1 N–H and O–H groups in total. The van der Waals surface area contributed by atoms with Crippen LogP contribution in [0.15, 0.2) is 12.4 Å². The van der Waals surface area contributed by atoms with Crippen molar-refractivity contribution in [3.8, 4) is 0 Å². The lowest BCUT2D eigenvalue weighted by atomic mass is 10.4. The number of rotatable bonds is 6. The number of carbonyl (C=O) groups is 1. The van der Waals surface area contributed by atoms with E-state index < -0.39 is 12.7 Å². The molecule has 1 heterocycles. The van der Waals surface area contributed by atoms with Crippen LogP contribution in [0.3, 0.4) is 0 Å². The van der Waals surface area contributed by atoms with Gasteiger partial charge in [-0.25, -0.2) is 4.98 Å². The van der Waals surface area contributed by atoms with Crippen LogP contribution in [-0.4, -0.2) is 45.7 Å². The zero-order chi connectivity index (χ0) is 14.8. The number of halogens is 3. The van der Waals surface area contributed by atoms with E-state index in [9.17, 15) is 18.0 Å². The molecule has 0 spiro atoms. The number of hydrogen-bond acceptors (Lipinski definition) is 3. The van der Waals surface area contributed by atoms with E-state index in [2.05, 4.69) is 10.3 Å². The Labute approximate surface area is 114 Å². The molecule has 0 aromatic carbocycles. The molecule has 2 rings (SSSR count). The molecule has 1 aromatic heterocycles. The van der Waals surface area contributed by atoms with Crippen molar-refractivity contribution in [2.45, 2.75) is 31.6 Å². The summed E-state index contributed by atoms with van der Waals surface area (Å²) in [4.78, 5) is 17.7. The highest BCUT2D eigenvalue weighted by molar-refractivity contribution is 5.78. The summed E-state index contributed by atoms with van der Waals surface area (Å²) >= 11 is 0. The van der Waals surface area contributed by atoms with E-state index in [1.807, 2.05) is 7.05 Å². The van der Waals surface area contributed by atoms with Gasteiger partial charge in [-0.3, -0.25) is 4.79 Å². The molecule has 1 aliphatic carbocycles. The second-order valence-electron chi connectivity index (χ2n) is 4.93. The van der Waals surface area contributed by atoms with Crippen molar-refractivity contribution < 1.29 is 18.0 Å². The first-order valence-electron chi connectivity index (χ1n) is 6.40. The lowest BCUT2D eigenvalue weighted by Crippen LogP contribution is -2.42. The summed E-state index contributed by atoms with van der Waals surface area (Å²) in [7, 11) is 1.82. The van der Waals surface area contributed by atoms with Crippen molar-refractivity contribution in [2.24, 2.45) is 7.05 Å².